The maximum absolute atomic E-state index is 11.8. The highest BCUT2D eigenvalue weighted by molar-refractivity contribution is 5.96. The maximum atomic E-state index is 11.8. The standard InChI is InChI=1S/C13H22N2O5/c1-12(2,10(17)18)8-9(16)14-11(19)15-13(3)4-6-20-7-5-13/h4-8H2,1-3H3,(H,17,18)(H2,14,15,16,19). The number of urea groups is 1. The van der Waals surface area contributed by atoms with Gasteiger partial charge in [0.25, 0.3) is 0 Å². The molecule has 7 nitrogen and oxygen atoms in total. The second-order valence-corrected chi connectivity index (χ2v) is 6.04. The van der Waals surface area contributed by atoms with E-state index in [1.54, 1.807) is 0 Å². The molecule has 0 aliphatic carbocycles. The number of imide groups is 1. The van der Waals surface area contributed by atoms with E-state index >= 15 is 0 Å². The zero-order valence-electron chi connectivity index (χ0n) is 12.1. The first kappa shape index (κ1) is 16.4. The van der Waals surface area contributed by atoms with E-state index < -0.39 is 28.9 Å². The van der Waals surface area contributed by atoms with Crippen LogP contribution in [0.25, 0.3) is 0 Å². The summed E-state index contributed by atoms with van der Waals surface area (Å²) in [6.45, 7) is 5.90. The maximum Gasteiger partial charge on any atom is 0.321 e. The number of carboxylic acids is 1. The lowest BCUT2D eigenvalue weighted by Gasteiger charge is -2.34. The highest BCUT2D eigenvalue weighted by atomic mass is 16.5. The first-order valence-corrected chi connectivity index (χ1v) is 6.58. The molecule has 0 unspecified atom stereocenters. The number of hydrogen-bond donors (Lipinski definition) is 3. The normalized spacial score (nSPS) is 18.1. The molecule has 7 heteroatoms. The van der Waals surface area contributed by atoms with Crippen LogP contribution in [0.4, 0.5) is 4.79 Å². The molecule has 0 saturated carbocycles. The lowest BCUT2D eigenvalue weighted by Crippen LogP contribution is -2.54. The third-order valence-electron chi connectivity index (χ3n) is 3.45. The third kappa shape index (κ3) is 4.80. The molecule has 3 amide bonds. The van der Waals surface area contributed by atoms with Gasteiger partial charge in [-0.25, -0.2) is 4.79 Å². The summed E-state index contributed by atoms with van der Waals surface area (Å²) in [5, 5.41) is 13.8. The van der Waals surface area contributed by atoms with Crippen LogP contribution >= 0.6 is 0 Å². The molecule has 0 spiro atoms. The molecule has 1 fully saturated rings. The average molecular weight is 286 g/mol. The van der Waals surface area contributed by atoms with Gasteiger partial charge in [0.05, 0.1) is 5.41 Å². The fourth-order valence-corrected chi connectivity index (χ4v) is 1.90. The SMILES string of the molecule is CC1(NC(=O)NC(=O)CC(C)(C)C(=O)O)CCOCC1. The van der Waals surface area contributed by atoms with E-state index in [-0.39, 0.29) is 6.42 Å². The van der Waals surface area contributed by atoms with Crippen LogP contribution in [0, 0.1) is 5.41 Å². The van der Waals surface area contributed by atoms with Crippen molar-refractivity contribution in [3.8, 4) is 0 Å². The van der Waals surface area contributed by atoms with E-state index in [0.717, 1.165) is 0 Å². The minimum Gasteiger partial charge on any atom is -0.481 e. The fourth-order valence-electron chi connectivity index (χ4n) is 1.90. The Bertz CT molecular complexity index is 400. The Morgan fingerprint density at radius 3 is 2.30 bits per heavy atom. The Morgan fingerprint density at radius 1 is 1.25 bits per heavy atom. The molecule has 0 aromatic heterocycles. The summed E-state index contributed by atoms with van der Waals surface area (Å²) in [4.78, 5) is 34.3. The Morgan fingerprint density at radius 2 is 1.80 bits per heavy atom. The number of nitrogens with one attached hydrogen (secondary N) is 2. The molecule has 0 radical (unpaired) electrons. The number of carboxylic acid groups (broad SMARTS) is 1. The van der Waals surface area contributed by atoms with E-state index in [9.17, 15) is 14.4 Å². The largest absolute Gasteiger partial charge is 0.481 e. The molecular formula is C13H22N2O5. The lowest BCUT2D eigenvalue weighted by molar-refractivity contribution is -0.149. The summed E-state index contributed by atoms with van der Waals surface area (Å²) < 4.78 is 5.22. The minimum absolute atomic E-state index is 0.254. The molecular weight excluding hydrogens is 264 g/mol. The van der Waals surface area contributed by atoms with Crippen LogP contribution in [-0.4, -0.2) is 41.8 Å². The van der Waals surface area contributed by atoms with Crippen molar-refractivity contribution in [3.05, 3.63) is 0 Å². The Labute approximate surface area is 118 Å². The first-order chi connectivity index (χ1) is 9.15. The molecule has 1 aliphatic heterocycles. The second-order valence-electron chi connectivity index (χ2n) is 6.04. The van der Waals surface area contributed by atoms with Gasteiger partial charge in [-0.3, -0.25) is 14.9 Å². The van der Waals surface area contributed by atoms with Crippen molar-refractivity contribution in [1.29, 1.82) is 0 Å². The van der Waals surface area contributed by atoms with Crippen molar-refractivity contribution in [2.45, 2.75) is 45.6 Å². The minimum atomic E-state index is -1.20. The molecule has 0 aromatic rings. The van der Waals surface area contributed by atoms with Gasteiger partial charge >= 0.3 is 12.0 Å². The van der Waals surface area contributed by atoms with Gasteiger partial charge < -0.3 is 15.2 Å². The van der Waals surface area contributed by atoms with Gasteiger partial charge in [-0.05, 0) is 33.6 Å². The molecule has 0 atom stereocenters. The number of carbonyl (C=O) groups is 3. The fraction of sp³-hybridized carbons (Fsp3) is 0.769. The molecule has 20 heavy (non-hydrogen) atoms. The van der Waals surface area contributed by atoms with Crippen LogP contribution in [-0.2, 0) is 14.3 Å². The predicted molar refractivity (Wildman–Crippen MR) is 71.2 cm³/mol. The summed E-state index contributed by atoms with van der Waals surface area (Å²) in [7, 11) is 0. The van der Waals surface area contributed by atoms with Crippen molar-refractivity contribution in [1.82, 2.24) is 10.6 Å². The Kier molecular flexibility index (Phi) is 5.10. The van der Waals surface area contributed by atoms with Crippen molar-refractivity contribution in [2.24, 2.45) is 5.41 Å². The van der Waals surface area contributed by atoms with Crippen LogP contribution in [0.1, 0.15) is 40.0 Å². The van der Waals surface area contributed by atoms with Crippen molar-refractivity contribution in [2.75, 3.05) is 13.2 Å². The summed E-state index contributed by atoms with van der Waals surface area (Å²) in [6, 6.07) is -0.597. The molecule has 114 valence electrons. The number of amides is 3. The van der Waals surface area contributed by atoms with Crippen LogP contribution in [0.15, 0.2) is 0 Å². The molecule has 3 N–H and O–H groups in total. The predicted octanol–water partition coefficient (Wildman–Crippen LogP) is 0.882. The van der Waals surface area contributed by atoms with Crippen LogP contribution in [0.3, 0.4) is 0 Å². The van der Waals surface area contributed by atoms with Crippen LogP contribution in [0.2, 0.25) is 0 Å². The number of rotatable bonds is 4. The summed E-state index contributed by atoms with van der Waals surface area (Å²) in [5.74, 6) is -1.69. The van der Waals surface area contributed by atoms with E-state index in [1.165, 1.54) is 13.8 Å². The van der Waals surface area contributed by atoms with Crippen molar-refractivity contribution in [3.63, 3.8) is 0 Å². The number of hydrogen-bond acceptors (Lipinski definition) is 4. The number of ether oxygens (including phenoxy) is 1. The smallest absolute Gasteiger partial charge is 0.321 e. The third-order valence-corrected chi connectivity index (χ3v) is 3.45. The van der Waals surface area contributed by atoms with E-state index in [4.69, 9.17) is 9.84 Å². The van der Waals surface area contributed by atoms with Crippen LogP contribution in [0.5, 0.6) is 0 Å². The highest BCUT2D eigenvalue weighted by Gasteiger charge is 2.32. The molecule has 1 heterocycles. The van der Waals surface area contributed by atoms with E-state index in [0.29, 0.717) is 26.1 Å². The molecule has 1 saturated heterocycles. The molecule has 0 aromatic carbocycles. The van der Waals surface area contributed by atoms with Gasteiger partial charge in [0.15, 0.2) is 0 Å². The lowest BCUT2D eigenvalue weighted by atomic mass is 9.89. The number of carbonyl (C=O) groups excluding carboxylic acids is 2. The van der Waals surface area contributed by atoms with Gasteiger partial charge in [-0.2, -0.15) is 0 Å². The zero-order chi connectivity index (χ0) is 15.4. The van der Waals surface area contributed by atoms with Crippen molar-refractivity contribution >= 4 is 17.9 Å². The van der Waals surface area contributed by atoms with Gasteiger partial charge in [-0.15, -0.1) is 0 Å². The summed E-state index contributed by atoms with van der Waals surface area (Å²) in [6.07, 6.45) is 1.10. The average Bonchev–Trinajstić information content (AvgIpc) is 2.27. The topological polar surface area (TPSA) is 105 Å². The quantitative estimate of drug-likeness (QED) is 0.711. The first-order valence-electron chi connectivity index (χ1n) is 6.58. The second kappa shape index (κ2) is 6.21. The van der Waals surface area contributed by atoms with Gasteiger partial charge in [0.1, 0.15) is 0 Å². The molecule has 1 rings (SSSR count). The summed E-state index contributed by atoms with van der Waals surface area (Å²) in [5.41, 5.74) is -1.60. The zero-order valence-corrected chi connectivity index (χ0v) is 12.1. The molecule has 1 aliphatic rings. The van der Waals surface area contributed by atoms with Crippen LogP contribution < -0.4 is 10.6 Å². The Balaban J connectivity index is 2.46. The monoisotopic (exact) mass is 286 g/mol. The molecule has 0 bridgehead atoms. The van der Waals surface area contributed by atoms with E-state index in [2.05, 4.69) is 10.6 Å². The van der Waals surface area contributed by atoms with Crippen molar-refractivity contribution < 1.29 is 24.2 Å². The van der Waals surface area contributed by atoms with E-state index in [1.807, 2.05) is 6.92 Å². The summed E-state index contributed by atoms with van der Waals surface area (Å²) >= 11 is 0. The van der Waals surface area contributed by atoms with Gasteiger partial charge in [0, 0.05) is 25.2 Å². The Hall–Kier alpha value is -1.63. The highest BCUT2D eigenvalue weighted by Crippen LogP contribution is 2.21. The van der Waals surface area contributed by atoms with Gasteiger partial charge in [0.2, 0.25) is 5.91 Å². The number of aliphatic carboxylic acids is 1. The van der Waals surface area contributed by atoms with Gasteiger partial charge in [-0.1, -0.05) is 0 Å².